The number of imidazole rings is 1. The van der Waals surface area contributed by atoms with Crippen LogP contribution in [-0.2, 0) is 0 Å². The third-order valence-corrected chi connectivity index (χ3v) is 2.91. The number of aromatic nitrogens is 2. The minimum Gasteiger partial charge on any atom is -0.347 e. The summed E-state index contributed by atoms with van der Waals surface area (Å²) in [7, 11) is 0. The molecule has 0 aliphatic carbocycles. The first-order valence-electron chi connectivity index (χ1n) is 5.73. The van der Waals surface area contributed by atoms with Crippen molar-refractivity contribution >= 4 is 23.2 Å². The van der Waals surface area contributed by atoms with Gasteiger partial charge in [0.25, 0.3) is 11.6 Å². The maximum absolute atomic E-state index is 12.1. The Bertz CT molecular complexity index is 642. The van der Waals surface area contributed by atoms with Crippen LogP contribution in [0.3, 0.4) is 0 Å². The van der Waals surface area contributed by atoms with Crippen LogP contribution in [-0.4, -0.2) is 20.8 Å². The van der Waals surface area contributed by atoms with E-state index < -0.39 is 16.9 Å². The molecule has 1 aromatic heterocycles. The lowest BCUT2D eigenvalue weighted by Gasteiger charge is -2.11. The van der Waals surface area contributed by atoms with Crippen molar-refractivity contribution in [1.29, 1.82) is 0 Å². The number of nitro groups is 1. The van der Waals surface area contributed by atoms with Gasteiger partial charge in [0.1, 0.15) is 11.4 Å². The number of halogens is 1. The highest BCUT2D eigenvalue weighted by molar-refractivity contribution is 6.31. The molecule has 1 heterocycles. The Morgan fingerprint density at radius 1 is 1.55 bits per heavy atom. The summed E-state index contributed by atoms with van der Waals surface area (Å²) in [6.45, 7) is 1.72. The molecule has 0 fully saturated rings. The number of amides is 1. The molecule has 2 rings (SSSR count). The molecular weight excluding hydrogens is 284 g/mol. The highest BCUT2D eigenvalue weighted by Gasteiger charge is 2.22. The van der Waals surface area contributed by atoms with Crippen LogP contribution in [0.1, 0.15) is 29.1 Å². The topological polar surface area (TPSA) is 101 Å². The van der Waals surface area contributed by atoms with Crippen molar-refractivity contribution in [3.63, 3.8) is 0 Å². The predicted octanol–water partition coefficient (Wildman–Crippen LogP) is 2.46. The standard InChI is InChI=1S/C12H11ClN4O3/c1-7(11-14-4-5-15-11)16-12(18)9-6-8(13)2-3-10(9)17(19)20/h2-7H,1H3,(H,14,15)(H,16,18). The molecule has 0 saturated heterocycles. The number of aromatic amines is 1. The molecule has 0 spiro atoms. The maximum atomic E-state index is 12.1. The molecule has 1 aromatic carbocycles. The summed E-state index contributed by atoms with van der Waals surface area (Å²) in [6.07, 6.45) is 3.18. The Balaban J connectivity index is 2.25. The number of nitrogens with one attached hydrogen (secondary N) is 2. The Hall–Kier alpha value is -2.41. The van der Waals surface area contributed by atoms with Crippen LogP contribution >= 0.6 is 11.6 Å². The molecule has 1 amide bonds. The monoisotopic (exact) mass is 294 g/mol. The third-order valence-electron chi connectivity index (χ3n) is 2.68. The fourth-order valence-electron chi connectivity index (χ4n) is 1.71. The van der Waals surface area contributed by atoms with E-state index in [9.17, 15) is 14.9 Å². The van der Waals surface area contributed by atoms with Gasteiger partial charge < -0.3 is 10.3 Å². The third kappa shape index (κ3) is 2.94. The van der Waals surface area contributed by atoms with Gasteiger partial charge in [-0.2, -0.15) is 0 Å². The molecular formula is C12H11ClN4O3. The van der Waals surface area contributed by atoms with E-state index in [2.05, 4.69) is 15.3 Å². The number of hydrogen-bond acceptors (Lipinski definition) is 4. The van der Waals surface area contributed by atoms with E-state index in [0.29, 0.717) is 5.82 Å². The Labute approximate surface area is 119 Å². The average molecular weight is 295 g/mol. The number of hydrogen-bond donors (Lipinski definition) is 2. The van der Waals surface area contributed by atoms with E-state index in [1.807, 2.05) is 0 Å². The second-order valence-electron chi connectivity index (χ2n) is 4.09. The number of nitro benzene ring substituents is 1. The Morgan fingerprint density at radius 3 is 2.90 bits per heavy atom. The van der Waals surface area contributed by atoms with Crippen molar-refractivity contribution < 1.29 is 9.72 Å². The van der Waals surface area contributed by atoms with Gasteiger partial charge in [0, 0.05) is 23.5 Å². The lowest BCUT2D eigenvalue weighted by atomic mass is 10.1. The summed E-state index contributed by atoms with van der Waals surface area (Å²) in [6, 6.07) is 3.43. The minimum atomic E-state index is -0.622. The summed E-state index contributed by atoms with van der Waals surface area (Å²) in [5.74, 6) is -0.0221. The molecule has 104 valence electrons. The van der Waals surface area contributed by atoms with Crippen molar-refractivity contribution in [1.82, 2.24) is 15.3 Å². The van der Waals surface area contributed by atoms with Crippen LogP contribution in [0.4, 0.5) is 5.69 Å². The molecule has 0 aliphatic rings. The van der Waals surface area contributed by atoms with Gasteiger partial charge in [-0.3, -0.25) is 14.9 Å². The highest BCUT2D eigenvalue weighted by Crippen LogP contribution is 2.23. The molecule has 0 aliphatic heterocycles. The normalized spacial score (nSPS) is 11.9. The van der Waals surface area contributed by atoms with Crippen LogP contribution in [0.15, 0.2) is 30.6 Å². The summed E-state index contributed by atoms with van der Waals surface area (Å²) < 4.78 is 0. The van der Waals surface area contributed by atoms with Crippen molar-refractivity contribution in [3.8, 4) is 0 Å². The second kappa shape index (κ2) is 5.70. The molecule has 0 bridgehead atoms. The zero-order chi connectivity index (χ0) is 14.7. The van der Waals surface area contributed by atoms with E-state index in [4.69, 9.17) is 11.6 Å². The lowest BCUT2D eigenvalue weighted by Crippen LogP contribution is -2.28. The Morgan fingerprint density at radius 2 is 2.30 bits per heavy atom. The maximum Gasteiger partial charge on any atom is 0.282 e. The van der Waals surface area contributed by atoms with E-state index in [-0.39, 0.29) is 16.3 Å². The quantitative estimate of drug-likeness (QED) is 0.668. The van der Waals surface area contributed by atoms with Gasteiger partial charge in [0.05, 0.1) is 11.0 Å². The van der Waals surface area contributed by atoms with E-state index >= 15 is 0 Å². The molecule has 2 N–H and O–H groups in total. The predicted molar refractivity (Wildman–Crippen MR) is 72.6 cm³/mol. The number of nitrogens with zero attached hydrogens (tertiary/aromatic N) is 2. The van der Waals surface area contributed by atoms with Gasteiger partial charge in [0.2, 0.25) is 0 Å². The molecule has 1 atom stereocenters. The van der Waals surface area contributed by atoms with Gasteiger partial charge in [-0.25, -0.2) is 4.98 Å². The van der Waals surface area contributed by atoms with Crippen molar-refractivity contribution in [2.75, 3.05) is 0 Å². The zero-order valence-corrected chi connectivity index (χ0v) is 11.2. The molecule has 20 heavy (non-hydrogen) atoms. The fraction of sp³-hybridized carbons (Fsp3) is 0.167. The van der Waals surface area contributed by atoms with Crippen LogP contribution in [0, 0.1) is 10.1 Å². The first kappa shape index (κ1) is 14.0. The summed E-state index contributed by atoms with van der Waals surface area (Å²) in [5.41, 5.74) is -0.376. The molecule has 2 aromatic rings. The summed E-state index contributed by atoms with van der Waals surface area (Å²) >= 11 is 5.78. The van der Waals surface area contributed by atoms with Crippen molar-refractivity contribution in [3.05, 3.63) is 57.1 Å². The second-order valence-corrected chi connectivity index (χ2v) is 4.52. The first-order valence-corrected chi connectivity index (χ1v) is 6.11. The van der Waals surface area contributed by atoms with E-state index in [1.165, 1.54) is 18.2 Å². The highest BCUT2D eigenvalue weighted by atomic mass is 35.5. The van der Waals surface area contributed by atoms with Crippen LogP contribution in [0.2, 0.25) is 5.02 Å². The molecule has 8 heteroatoms. The molecule has 0 radical (unpaired) electrons. The number of carbonyl (C=O) groups is 1. The fourth-order valence-corrected chi connectivity index (χ4v) is 1.88. The van der Waals surface area contributed by atoms with E-state index in [1.54, 1.807) is 19.3 Å². The zero-order valence-electron chi connectivity index (χ0n) is 10.5. The minimum absolute atomic E-state index is 0.0825. The molecule has 7 nitrogen and oxygen atoms in total. The van der Waals surface area contributed by atoms with Crippen molar-refractivity contribution in [2.24, 2.45) is 0 Å². The number of carbonyl (C=O) groups excluding carboxylic acids is 1. The number of H-pyrrole nitrogens is 1. The smallest absolute Gasteiger partial charge is 0.282 e. The van der Waals surface area contributed by atoms with Crippen LogP contribution < -0.4 is 5.32 Å². The van der Waals surface area contributed by atoms with Gasteiger partial charge in [-0.1, -0.05) is 11.6 Å². The van der Waals surface area contributed by atoms with E-state index in [0.717, 1.165) is 0 Å². The van der Waals surface area contributed by atoms with Gasteiger partial charge in [-0.05, 0) is 19.1 Å². The first-order chi connectivity index (χ1) is 9.49. The summed E-state index contributed by atoms with van der Waals surface area (Å²) in [4.78, 5) is 29.3. The number of benzene rings is 1. The molecule has 0 saturated carbocycles. The van der Waals surface area contributed by atoms with Gasteiger partial charge >= 0.3 is 0 Å². The molecule has 1 unspecified atom stereocenters. The SMILES string of the molecule is CC(NC(=O)c1cc(Cl)ccc1[N+](=O)[O-])c1ncc[nH]1. The van der Waals surface area contributed by atoms with Gasteiger partial charge in [-0.15, -0.1) is 0 Å². The van der Waals surface area contributed by atoms with Crippen molar-refractivity contribution in [2.45, 2.75) is 13.0 Å². The Kier molecular flexibility index (Phi) is 3.99. The lowest BCUT2D eigenvalue weighted by molar-refractivity contribution is -0.385. The average Bonchev–Trinajstić information content (AvgIpc) is 2.92. The van der Waals surface area contributed by atoms with Crippen LogP contribution in [0.25, 0.3) is 0 Å². The largest absolute Gasteiger partial charge is 0.347 e. The van der Waals surface area contributed by atoms with Gasteiger partial charge in [0.15, 0.2) is 0 Å². The number of rotatable bonds is 4. The van der Waals surface area contributed by atoms with Crippen LogP contribution in [0.5, 0.6) is 0 Å². The summed E-state index contributed by atoms with van der Waals surface area (Å²) in [5, 5.41) is 13.8.